The van der Waals surface area contributed by atoms with Gasteiger partial charge in [0.2, 0.25) is 0 Å². The van der Waals surface area contributed by atoms with Crippen molar-refractivity contribution in [2.45, 2.75) is 6.92 Å². The Bertz CT molecular complexity index is 929. The predicted molar refractivity (Wildman–Crippen MR) is 97.4 cm³/mol. The zero-order valence-electron chi connectivity index (χ0n) is 14.3. The van der Waals surface area contributed by atoms with Gasteiger partial charge in [0, 0.05) is 11.8 Å². The maximum atomic E-state index is 13.8. The number of aryl methyl sites for hydroxylation is 1. The Morgan fingerprint density at radius 2 is 1.81 bits per heavy atom. The SMILES string of the molecule is COc1ccc(NC(=O)c2cc(Nc3ccccc3F)nc(C)n2)cc1. The van der Waals surface area contributed by atoms with Gasteiger partial charge in [0.05, 0.1) is 12.8 Å². The molecule has 0 saturated heterocycles. The summed E-state index contributed by atoms with van der Waals surface area (Å²) >= 11 is 0. The van der Waals surface area contributed by atoms with Gasteiger partial charge in [0.1, 0.15) is 28.9 Å². The highest BCUT2D eigenvalue weighted by atomic mass is 19.1. The molecule has 2 aromatic carbocycles. The third-order valence-corrected chi connectivity index (χ3v) is 3.56. The van der Waals surface area contributed by atoms with Gasteiger partial charge >= 0.3 is 0 Å². The third kappa shape index (κ3) is 4.13. The number of hydrogen-bond acceptors (Lipinski definition) is 5. The molecule has 0 spiro atoms. The monoisotopic (exact) mass is 352 g/mol. The molecule has 132 valence electrons. The summed E-state index contributed by atoms with van der Waals surface area (Å²) in [5.41, 5.74) is 1.05. The summed E-state index contributed by atoms with van der Waals surface area (Å²) in [6, 6.07) is 14.6. The van der Waals surface area contributed by atoms with E-state index in [0.717, 1.165) is 0 Å². The Balaban J connectivity index is 1.80. The number of aromatic nitrogens is 2. The predicted octanol–water partition coefficient (Wildman–Crippen LogP) is 3.93. The van der Waals surface area contributed by atoms with Gasteiger partial charge in [-0.2, -0.15) is 0 Å². The van der Waals surface area contributed by atoms with E-state index in [1.54, 1.807) is 56.5 Å². The van der Waals surface area contributed by atoms with Crippen LogP contribution in [-0.4, -0.2) is 23.0 Å². The molecule has 1 aromatic heterocycles. The number of anilines is 3. The average Bonchev–Trinajstić information content (AvgIpc) is 2.64. The lowest BCUT2D eigenvalue weighted by Gasteiger charge is -2.10. The second-order valence-corrected chi connectivity index (χ2v) is 5.47. The zero-order valence-corrected chi connectivity index (χ0v) is 14.3. The number of para-hydroxylation sites is 1. The highest BCUT2D eigenvalue weighted by Gasteiger charge is 2.12. The first kappa shape index (κ1) is 17.3. The van der Waals surface area contributed by atoms with E-state index in [4.69, 9.17) is 4.74 Å². The van der Waals surface area contributed by atoms with Crippen molar-refractivity contribution in [3.05, 3.63) is 71.9 Å². The number of carbonyl (C=O) groups excluding carboxylic acids is 1. The molecule has 0 aliphatic heterocycles. The standard InChI is InChI=1S/C19H17FN4O2/c1-12-21-17(19(25)23-13-7-9-14(26-2)10-8-13)11-18(22-12)24-16-6-4-3-5-15(16)20/h3-11H,1-2H3,(H,23,25)(H,21,22,24). The molecule has 0 unspecified atom stereocenters. The van der Waals surface area contributed by atoms with Crippen LogP contribution in [0.25, 0.3) is 0 Å². The van der Waals surface area contributed by atoms with Crippen LogP contribution in [0.1, 0.15) is 16.3 Å². The average molecular weight is 352 g/mol. The van der Waals surface area contributed by atoms with Gasteiger partial charge in [-0.1, -0.05) is 12.1 Å². The molecule has 7 heteroatoms. The number of carbonyl (C=O) groups is 1. The second-order valence-electron chi connectivity index (χ2n) is 5.47. The molecule has 6 nitrogen and oxygen atoms in total. The van der Waals surface area contributed by atoms with Crippen LogP contribution in [0.2, 0.25) is 0 Å². The molecule has 0 aliphatic carbocycles. The molecule has 0 radical (unpaired) electrons. The second kappa shape index (κ2) is 7.60. The van der Waals surface area contributed by atoms with Crippen molar-refractivity contribution in [2.24, 2.45) is 0 Å². The molecule has 0 saturated carbocycles. The van der Waals surface area contributed by atoms with Crippen LogP contribution in [0.3, 0.4) is 0 Å². The molecule has 0 aliphatic rings. The lowest BCUT2D eigenvalue weighted by Crippen LogP contribution is -2.15. The lowest BCUT2D eigenvalue weighted by molar-refractivity contribution is 0.102. The highest BCUT2D eigenvalue weighted by Crippen LogP contribution is 2.20. The molecule has 0 bridgehead atoms. The first-order valence-electron chi connectivity index (χ1n) is 7.88. The summed E-state index contributed by atoms with van der Waals surface area (Å²) in [5.74, 6) is 0.621. The molecule has 3 rings (SSSR count). The summed E-state index contributed by atoms with van der Waals surface area (Å²) in [4.78, 5) is 20.8. The van der Waals surface area contributed by atoms with E-state index in [-0.39, 0.29) is 11.4 Å². The molecule has 26 heavy (non-hydrogen) atoms. The van der Waals surface area contributed by atoms with Gasteiger partial charge in [0.15, 0.2) is 0 Å². The molecule has 0 fully saturated rings. The topological polar surface area (TPSA) is 76.1 Å². The summed E-state index contributed by atoms with van der Waals surface area (Å²) in [5, 5.41) is 5.62. The van der Waals surface area contributed by atoms with Crippen molar-refractivity contribution in [3.8, 4) is 5.75 Å². The summed E-state index contributed by atoms with van der Waals surface area (Å²) in [6.45, 7) is 1.66. The summed E-state index contributed by atoms with van der Waals surface area (Å²) in [7, 11) is 1.57. The molecular formula is C19H17FN4O2. The van der Waals surface area contributed by atoms with E-state index in [1.165, 1.54) is 12.1 Å². The number of nitrogens with one attached hydrogen (secondary N) is 2. The smallest absolute Gasteiger partial charge is 0.274 e. The normalized spacial score (nSPS) is 10.3. The quantitative estimate of drug-likeness (QED) is 0.728. The number of nitrogens with zero attached hydrogens (tertiary/aromatic N) is 2. The Morgan fingerprint density at radius 3 is 2.50 bits per heavy atom. The first-order valence-corrected chi connectivity index (χ1v) is 7.88. The van der Waals surface area contributed by atoms with Crippen molar-refractivity contribution in [2.75, 3.05) is 17.7 Å². The van der Waals surface area contributed by atoms with Crippen LogP contribution >= 0.6 is 0 Å². The van der Waals surface area contributed by atoms with Gasteiger partial charge < -0.3 is 15.4 Å². The van der Waals surface area contributed by atoms with E-state index >= 15 is 0 Å². The van der Waals surface area contributed by atoms with Crippen molar-refractivity contribution in [1.29, 1.82) is 0 Å². The molecule has 1 heterocycles. The molecule has 2 N–H and O–H groups in total. The van der Waals surface area contributed by atoms with Crippen LogP contribution < -0.4 is 15.4 Å². The minimum atomic E-state index is -0.409. The van der Waals surface area contributed by atoms with Gasteiger partial charge in [-0.05, 0) is 43.3 Å². The van der Waals surface area contributed by atoms with Crippen LogP contribution in [0.4, 0.5) is 21.6 Å². The number of hydrogen-bond donors (Lipinski definition) is 2. The fraction of sp³-hybridized carbons (Fsp3) is 0.105. The van der Waals surface area contributed by atoms with Crippen molar-refractivity contribution < 1.29 is 13.9 Å². The number of amides is 1. The van der Waals surface area contributed by atoms with E-state index < -0.39 is 11.7 Å². The van der Waals surface area contributed by atoms with E-state index in [1.807, 2.05) is 0 Å². The van der Waals surface area contributed by atoms with Gasteiger partial charge in [-0.25, -0.2) is 14.4 Å². The van der Waals surface area contributed by atoms with Crippen LogP contribution in [0.5, 0.6) is 5.75 Å². The number of methoxy groups -OCH3 is 1. The molecule has 1 amide bonds. The van der Waals surface area contributed by atoms with Gasteiger partial charge in [-0.15, -0.1) is 0 Å². The Kier molecular flexibility index (Phi) is 5.07. The Hall–Kier alpha value is -3.48. The number of halogens is 1. The van der Waals surface area contributed by atoms with Crippen LogP contribution in [-0.2, 0) is 0 Å². The zero-order chi connectivity index (χ0) is 18.5. The minimum absolute atomic E-state index is 0.173. The summed E-state index contributed by atoms with van der Waals surface area (Å²) < 4.78 is 18.9. The lowest BCUT2D eigenvalue weighted by atomic mass is 10.2. The van der Waals surface area contributed by atoms with Crippen LogP contribution in [0.15, 0.2) is 54.6 Å². The van der Waals surface area contributed by atoms with E-state index in [0.29, 0.717) is 23.1 Å². The molecule has 3 aromatic rings. The molecule has 0 atom stereocenters. The maximum Gasteiger partial charge on any atom is 0.274 e. The fourth-order valence-electron chi connectivity index (χ4n) is 2.32. The number of ether oxygens (including phenoxy) is 1. The molecular weight excluding hydrogens is 335 g/mol. The Labute approximate surface area is 150 Å². The summed E-state index contributed by atoms with van der Waals surface area (Å²) in [6.07, 6.45) is 0. The fourth-order valence-corrected chi connectivity index (χ4v) is 2.32. The maximum absolute atomic E-state index is 13.8. The number of rotatable bonds is 5. The minimum Gasteiger partial charge on any atom is -0.497 e. The van der Waals surface area contributed by atoms with Crippen molar-refractivity contribution in [3.63, 3.8) is 0 Å². The number of benzene rings is 2. The van der Waals surface area contributed by atoms with E-state index in [2.05, 4.69) is 20.6 Å². The largest absolute Gasteiger partial charge is 0.497 e. The first-order chi connectivity index (χ1) is 12.5. The van der Waals surface area contributed by atoms with E-state index in [9.17, 15) is 9.18 Å². The van der Waals surface area contributed by atoms with Gasteiger partial charge in [-0.3, -0.25) is 4.79 Å². The van der Waals surface area contributed by atoms with Crippen molar-refractivity contribution in [1.82, 2.24) is 9.97 Å². The van der Waals surface area contributed by atoms with Crippen molar-refractivity contribution >= 4 is 23.1 Å². The third-order valence-electron chi connectivity index (χ3n) is 3.56. The Morgan fingerprint density at radius 1 is 1.08 bits per heavy atom. The van der Waals surface area contributed by atoms with Gasteiger partial charge in [0.25, 0.3) is 5.91 Å². The van der Waals surface area contributed by atoms with Crippen LogP contribution in [0, 0.1) is 12.7 Å². The highest BCUT2D eigenvalue weighted by molar-refractivity contribution is 6.03.